The van der Waals surface area contributed by atoms with E-state index in [-0.39, 0.29) is 24.6 Å². The SMILES string of the molecule is CC(=O)OCC(=O)Nc1cccc2c(C(=O)C(=O)N3CCN(C(=O)c4ccccc4)CC3)c[nH]c12. The number of carbonyl (C=O) groups is 5. The summed E-state index contributed by atoms with van der Waals surface area (Å²) in [6.45, 7) is 1.94. The van der Waals surface area contributed by atoms with E-state index in [1.165, 1.54) is 18.0 Å². The predicted octanol–water partition coefficient (Wildman–Crippen LogP) is 1.84. The van der Waals surface area contributed by atoms with Crippen molar-refractivity contribution in [2.24, 2.45) is 0 Å². The van der Waals surface area contributed by atoms with E-state index in [0.29, 0.717) is 35.2 Å². The molecule has 1 saturated heterocycles. The number of rotatable bonds is 6. The molecule has 1 aromatic heterocycles. The molecular weight excluding hydrogens is 452 g/mol. The lowest BCUT2D eigenvalue weighted by molar-refractivity contribution is -0.144. The Morgan fingerprint density at radius 1 is 0.914 bits per heavy atom. The molecule has 0 unspecified atom stereocenters. The highest BCUT2D eigenvalue weighted by Gasteiger charge is 2.30. The van der Waals surface area contributed by atoms with E-state index in [1.807, 2.05) is 6.07 Å². The quantitative estimate of drug-likeness (QED) is 0.317. The Bertz CT molecular complexity index is 1290. The van der Waals surface area contributed by atoms with Gasteiger partial charge in [0.25, 0.3) is 23.5 Å². The van der Waals surface area contributed by atoms with E-state index in [9.17, 15) is 24.0 Å². The topological polar surface area (TPSA) is 129 Å². The number of H-pyrrole nitrogens is 1. The average molecular weight is 476 g/mol. The van der Waals surface area contributed by atoms with E-state index in [4.69, 9.17) is 0 Å². The number of para-hydroxylation sites is 1. The number of nitrogens with one attached hydrogen (secondary N) is 2. The molecule has 1 fully saturated rings. The normalized spacial score (nSPS) is 13.4. The number of benzene rings is 2. The summed E-state index contributed by atoms with van der Waals surface area (Å²) < 4.78 is 4.69. The molecule has 180 valence electrons. The number of fused-ring (bicyclic) bond motifs is 1. The van der Waals surface area contributed by atoms with Gasteiger partial charge in [-0.2, -0.15) is 0 Å². The first-order valence-electron chi connectivity index (χ1n) is 11.1. The van der Waals surface area contributed by atoms with Crippen LogP contribution in [0.4, 0.5) is 5.69 Å². The molecule has 1 aliphatic rings. The van der Waals surface area contributed by atoms with E-state index in [2.05, 4.69) is 15.0 Å². The van der Waals surface area contributed by atoms with Crippen molar-refractivity contribution < 1.29 is 28.7 Å². The molecule has 0 radical (unpaired) electrons. The number of ether oxygens (including phenoxy) is 1. The molecule has 2 heterocycles. The molecule has 10 nitrogen and oxygen atoms in total. The van der Waals surface area contributed by atoms with Crippen molar-refractivity contribution in [2.75, 3.05) is 38.1 Å². The van der Waals surface area contributed by atoms with Gasteiger partial charge < -0.3 is 24.8 Å². The zero-order valence-corrected chi connectivity index (χ0v) is 19.1. The minimum Gasteiger partial charge on any atom is -0.456 e. The lowest BCUT2D eigenvalue weighted by atomic mass is 10.1. The maximum atomic E-state index is 13.0. The van der Waals surface area contributed by atoms with Gasteiger partial charge in [-0.25, -0.2) is 0 Å². The summed E-state index contributed by atoms with van der Waals surface area (Å²) in [6, 6.07) is 13.9. The average Bonchev–Trinajstić information content (AvgIpc) is 3.32. The van der Waals surface area contributed by atoms with Gasteiger partial charge in [0.15, 0.2) is 6.61 Å². The summed E-state index contributed by atoms with van der Waals surface area (Å²) in [5, 5.41) is 3.10. The number of hydrogen-bond acceptors (Lipinski definition) is 6. The first-order valence-corrected chi connectivity index (χ1v) is 11.1. The smallest absolute Gasteiger partial charge is 0.303 e. The van der Waals surface area contributed by atoms with E-state index < -0.39 is 30.2 Å². The maximum Gasteiger partial charge on any atom is 0.303 e. The zero-order chi connectivity index (χ0) is 24.9. The molecule has 1 aliphatic heterocycles. The van der Waals surface area contributed by atoms with Crippen molar-refractivity contribution in [3.8, 4) is 0 Å². The van der Waals surface area contributed by atoms with E-state index >= 15 is 0 Å². The lowest BCUT2D eigenvalue weighted by Crippen LogP contribution is -2.52. The molecule has 0 aliphatic carbocycles. The van der Waals surface area contributed by atoms with Crippen LogP contribution in [0.5, 0.6) is 0 Å². The fourth-order valence-corrected chi connectivity index (χ4v) is 3.93. The number of nitrogens with zero attached hydrogens (tertiary/aromatic N) is 2. The number of amides is 3. The van der Waals surface area contributed by atoms with Gasteiger partial charge in [0, 0.05) is 50.2 Å². The van der Waals surface area contributed by atoms with Crippen LogP contribution in [-0.2, 0) is 19.1 Å². The number of anilines is 1. The molecule has 0 bridgehead atoms. The molecule has 0 atom stereocenters. The number of carbonyl (C=O) groups excluding carboxylic acids is 5. The summed E-state index contributed by atoms with van der Waals surface area (Å²) >= 11 is 0. The molecule has 3 amide bonds. The standard InChI is InChI=1S/C25H24N4O6/c1-16(30)35-15-21(31)27-20-9-5-8-18-19(14-26-22(18)20)23(32)25(34)29-12-10-28(11-13-29)24(33)17-6-3-2-4-7-17/h2-9,14,26H,10-13,15H2,1H3,(H,27,31). The number of aromatic amines is 1. The number of aromatic nitrogens is 1. The summed E-state index contributed by atoms with van der Waals surface area (Å²) in [5.41, 5.74) is 1.62. The Labute approximate surface area is 200 Å². The first-order chi connectivity index (χ1) is 16.8. The fourth-order valence-electron chi connectivity index (χ4n) is 3.93. The molecule has 10 heteroatoms. The van der Waals surface area contributed by atoms with Crippen molar-refractivity contribution in [1.29, 1.82) is 0 Å². The van der Waals surface area contributed by atoms with Crippen LogP contribution in [0.3, 0.4) is 0 Å². The molecular formula is C25H24N4O6. The van der Waals surface area contributed by atoms with Gasteiger partial charge in [0.2, 0.25) is 0 Å². The highest BCUT2D eigenvalue weighted by atomic mass is 16.5. The van der Waals surface area contributed by atoms with Gasteiger partial charge in [0.05, 0.1) is 16.8 Å². The van der Waals surface area contributed by atoms with Gasteiger partial charge in [-0.05, 0) is 18.2 Å². The first kappa shape index (κ1) is 23.7. The second-order valence-electron chi connectivity index (χ2n) is 8.04. The summed E-state index contributed by atoms with van der Waals surface area (Å²) in [6.07, 6.45) is 1.43. The van der Waals surface area contributed by atoms with Crippen molar-refractivity contribution in [3.05, 3.63) is 65.9 Å². The second-order valence-corrected chi connectivity index (χ2v) is 8.04. The molecule has 2 N–H and O–H groups in total. The van der Waals surface area contributed by atoms with Crippen LogP contribution in [0, 0.1) is 0 Å². The van der Waals surface area contributed by atoms with E-state index in [1.54, 1.807) is 47.4 Å². The molecule has 0 spiro atoms. The third-order valence-electron chi connectivity index (χ3n) is 5.71. The Morgan fingerprint density at radius 3 is 2.29 bits per heavy atom. The third kappa shape index (κ3) is 5.21. The number of esters is 1. The largest absolute Gasteiger partial charge is 0.456 e. The van der Waals surface area contributed by atoms with Crippen LogP contribution < -0.4 is 5.32 Å². The highest BCUT2D eigenvalue weighted by molar-refractivity contribution is 6.45. The number of piperazine rings is 1. The Kier molecular flexibility index (Phi) is 6.91. The van der Waals surface area contributed by atoms with Crippen molar-refractivity contribution >= 4 is 46.1 Å². The van der Waals surface area contributed by atoms with Gasteiger partial charge in [-0.15, -0.1) is 0 Å². The van der Waals surface area contributed by atoms with Crippen molar-refractivity contribution in [3.63, 3.8) is 0 Å². The minimum atomic E-state index is -0.678. The van der Waals surface area contributed by atoms with Crippen LogP contribution in [0.2, 0.25) is 0 Å². The Balaban J connectivity index is 1.42. The van der Waals surface area contributed by atoms with Gasteiger partial charge >= 0.3 is 5.97 Å². The number of Topliss-reactive ketones (excluding diaryl/α,β-unsaturated/α-hetero) is 1. The predicted molar refractivity (Wildman–Crippen MR) is 127 cm³/mol. The van der Waals surface area contributed by atoms with Crippen LogP contribution in [-0.4, -0.2) is 77.0 Å². The van der Waals surface area contributed by atoms with Gasteiger partial charge in [-0.1, -0.05) is 30.3 Å². The summed E-state index contributed by atoms with van der Waals surface area (Å²) in [5.74, 6) is -2.54. The van der Waals surface area contributed by atoms with Gasteiger partial charge in [0.1, 0.15) is 0 Å². The van der Waals surface area contributed by atoms with E-state index in [0.717, 1.165) is 0 Å². The lowest BCUT2D eigenvalue weighted by Gasteiger charge is -2.34. The van der Waals surface area contributed by atoms with Crippen molar-refractivity contribution in [1.82, 2.24) is 14.8 Å². The maximum absolute atomic E-state index is 13.0. The molecule has 35 heavy (non-hydrogen) atoms. The van der Waals surface area contributed by atoms with Crippen LogP contribution in [0.1, 0.15) is 27.6 Å². The number of hydrogen-bond donors (Lipinski definition) is 2. The summed E-state index contributed by atoms with van der Waals surface area (Å²) in [4.78, 5) is 67.6. The third-order valence-corrected chi connectivity index (χ3v) is 5.71. The fraction of sp³-hybridized carbons (Fsp3) is 0.240. The van der Waals surface area contributed by atoms with Crippen molar-refractivity contribution in [2.45, 2.75) is 6.92 Å². The Hall–Kier alpha value is -4.47. The molecule has 0 saturated carbocycles. The molecule has 3 aromatic rings. The molecule has 4 rings (SSSR count). The minimum absolute atomic E-state index is 0.107. The van der Waals surface area contributed by atoms with Crippen LogP contribution in [0.15, 0.2) is 54.7 Å². The van der Waals surface area contributed by atoms with Crippen LogP contribution >= 0.6 is 0 Å². The monoisotopic (exact) mass is 476 g/mol. The van der Waals surface area contributed by atoms with Crippen LogP contribution in [0.25, 0.3) is 10.9 Å². The summed E-state index contributed by atoms with van der Waals surface area (Å²) in [7, 11) is 0. The second kappa shape index (κ2) is 10.2. The zero-order valence-electron chi connectivity index (χ0n) is 19.1. The number of ketones is 1. The highest BCUT2D eigenvalue weighted by Crippen LogP contribution is 2.26. The van der Waals surface area contributed by atoms with Gasteiger partial charge in [-0.3, -0.25) is 24.0 Å². The Morgan fingerprint density at radius 2 is 1.60 bits per heavy atom. The molecule has 2 aromatic carbocycles.